The molecule has 0 saturated carbocycles. The van der Waals surface area contributed by atoms with E-state index in [1.165, 1.54) is 0 Å². The summed E-state index contributed by atoms with van der Waals surface area (Å²) in [4.78, 5) is 38.3. The smallest absolute Gasteiger partial charge is 0.311 e. The number of anilines is 1. The van der Waals surface area contributed by atoms with Crippen LogP contribution in [0.15, 0.2) is 59.1 Å². The Labute approximate surface area is 172 Å². The van der Waals surface area contributed by atoms with Crippen LogP contribution in [0.25, 0.3) is 0 Å². The van der Waals surface area contributed by atoms with Crippen molar-refractivity contribution in [2.75, 3.05) is 18.5 Å². The van der Waals surface area contributed by atoms with Gasteiger partial charge in [0.25, 0.3) is 5.91 Å². The number of carbonyl (C=O) groups is 3. The third kappa shape index (κ3) is 4.98. The van der Waals surface area contributed by atoms with Crippen LogP contribution in [0.3, 0.4) is 0 Å². The number of carbonyl (C=O) groups excluding carboxylic acids is 3. The summed E-state index contributed by atoms with van der Waals surface area (Å²) in [6.45, 7) is 1.85. The zero-order chi connectivity index (χ0) is 20.1. The van der Waals surface area contributed by atoms with E-state index < -0.39 is 17.8 Å². The number of esters is 1. The molecule has 28 heavy (non-hydrogen) atoms. The molecule has 0 radical (unpaired) electrons. The van der Waals surface area contributed by atoms with Crippen molar-refractivity contribution < 1.29 is 19.1 Å². The first-order valence-electron chi connectivity index (χ1n) is 9.00. The molecule has 2 aromatic carbocycles. The van der Waals surface area contributed by atoms with Crippen LogP contribution >= 0.6 is 15.9 Å². The molecule has 1 fully saturated rings. The molecule has 7 heteroatoms. The number of hydrogen-bond acceptors (Lipinski definition) is 4. The van der Waals surface area contributed by atoms with E-state index >= 15 is 0 Å². The summed E-state index contributed by atoms with van der Waals surface area (Å²) in [6.07, 6.45) is 0.102. The van der Waals surface area contributed by atoms with Gasteiger partial charge in [-0.25, -0.2) is 0 Å². The van der Waals surface area contributed by atoms with Gasteiger partial charge in [-0.15, -0.1) is 0 Å². The van der Waals surface area contributed by atoms with E-state index in [1.54, 1.807) is 29.2 Å². The molecule has 1 aliphatic rings. The van der Waals surface area contributed by atoms with Gasteiger partial charge in [-0.2, -0.15) is 0 Å². The lowest BCUT2D eigenvalue weighted by molar-refractivity contribution is -0.151. The minimum absolute atomic E-state index is 0.0855. The van der Waals surface area contributed by atoms with Gasteiger partial charge in [-0.3, -0.25) is 14.4 Å². The Morgan fingerprint density at radius 1 is 1.18 bits per heavy atom. The van der Waals surface area contributed by atoms with Crippen molar-refractivity contribution in [2.45, 2.75) is 19.4 Å². The Balaban J connectivity index is 1.50. The maximum Gasteiger partial charge on any atom is 0.311 e. The molecule has 2 aromatic rings. The van der Waals surface area contributed by atoms with E-state index in [0.717, 1.165) is 10.0 Å². The molecule has 0 unspecified atom stereocenters. The van der Waals surface area contributed by atoms with Crippen molar-refractivity contribution in [2.24, 2.45) is 5.92 Å². The fraction of sp³-hybridized carbons (Fsp3) is 0.286. The first-order valence-corrected chi connectivity index (χ1v) is 9.80. The number of benzene rings is 2. The van der Waals surface area contributed by atoms with Crippen LogP contribution in [0.1, 0.15) is 24.9 Å². The molecule has 0 aromatic heterocycles. The van der Waals surface area contributed by atoms with E-state index in [0.29, 0.717) is 12.2 Å². The zero-order valence-corrected chi connectivity index (χ0v) is 17.0. The Bertz CT molecular complexity index is 854. The molecule has 1 saturated heterocycles. The second kappa shape index (κ2) is 9.01. The van der Waals surface area contributed by atoms with Gasteiger partial charge in [-0.05, 0) is 36.8 Å². The van der Waals surface area contributed by atoms with Crippen LogP contribution in [0.4, 0.5) is 5.69 Å². The monoisotopic (exact) mass is 444 g/mol. The third-order valence-electron chi connectivity index (χ3n) is 4.71. The van der Waals surface area contributed by atoms with Gasteiger partial charge < -0.3 is 15.0 Å². The normalized spacial score (nSPS) is 17.3. The number of amides is 2. The second-order valence-electron chi connectivity index (χ2n) is 6.70. The minimum atomic E-state index is -0.556. The maximum absolute atomic E-state index is 12.3. The van der Waals surface area contributed by atoms with E-state index in [9.17, 15) is 14.4 Å². The number of nitrogens with one attached hydrogen (secondary N) is 1. The van der Waals surface area contributed by atoms with Gasteiger partial charge in [-0.1, -0.05) is 46.3 Å². The molecule has 0 spiro atoms. The molecule has 3 rings (SSSR count). The van der Waals surface area contributed by atoms with E-state index in [-0.39, 0.29) is 25.0 Å². The third-order valence-corrected chi connectivity index (χ3v) is 5.24. The number of rotatable bonds is 6. The van der Waals surface area contributed by atoms with Crippen LogP contribution in [0.2, 0.25) is 0 Å². The predicted molar refractivity (Wildman–Crippen MR) is 108 cm³/mol. The summed E-state index contributed by atoms with van der Waals surface area (Å²) in [7, 11) is 0. The first-order chi connectivity index (χ1) is 13.4. The first kappa shape index (κ1) is 20.1. The molecule has 2 atom stereocenters. The lowest BCUT2D eigenvalue weighted by atomic mass is 10.1. The van der Waals surface area contributed by atoms with Crippen molar-refractivity contribution in [3.8, 4) is 0 Å². The van der Waals surface area contributed by atoms with Crippen molar-refractivity contribution >= 4 is 39.4 Å². The highest BCUT2D eigenvalue weighted by molar-refractivity contribution is 9.10. The molecule has 1 N–H and O–H groups in total. The van der Waals surface area contributed by atoms with Gasteiger partial charge in [0.1, 0.15) is 0 Å². The lowest BCUT2D eigenvalue weighted by Crippen LogP contribution is -2.30. The van der Waals surface area contributed by atoms with Crippen LogP contribution in [0.5, 0.6) is 0 Å². The highest BCUT2D eigenvalue weighted by Gasteiger charge is 2.38. The standard InChI is InChI=1S/C21H21BrN2O4/c1-14(15-5-3-2-4-6-15)24-12-16(11-20(24)26)21(27)28-13-19(25)23-18-9-7-17(22)8-10-18/h2-10,14,16H,11-13H2,1H3,(H,23,25)/t14-,16-/m1/s1. The molecule has 0 aliphatic carbocycles. The number of ether oxygens (including phenoxy) is 1. The van der Waals surface area contributed by atoms with Gasteiger partial charge in [0.15, 0.2) is 6.61 Å². The summed E-state index contributed by atoms with van der Waals surface area (Å²) < 4.78 is 6.03. The Morgan fingerprint density at radius 2 is 1.86 bits per heavy atom. The average molecular weight is 445 g/mol. The zero-order valence-electron chi connectivity index (χ0n) is 15.4. The number of likely N-dealkylation sites (tertiary alicyclic amines) is 1. The largest absolute Gasteiger partial charge is 0.455 e. The molecule has 1 aliphatic heterocycles. The molecule has 146 valence electrons. The van der Waals surface area contributed by atoms with Crippen molar-refractivity contribution in [3.05, 3.63) is 64.6 Å². The Kier molecular flexibility index (Phi) is 6.46. The van der Waals surface area contributed by atoms with E-state index in [2.05, 4.69) is 21.2 Å². The van der Waals surface area contributed by atoms with Crippen molar-refractivity contribution in [3.63, 3.8) is 0 Å². The van der Waals surface area contributed by atoms with E-state index in [1.807, 2.05) is 37.3 Å². The summed E-state index contributed by atoms with van der Waals surface area (Å²) in [5.74, 6) is -1.59. The highest BCUT2D eigenvalue weighted by Crippen LogP contribution is 2.29. The molecular weight excluding hydrogens is 424 g/mol. The summed E-state index contributed by atoms with van der Waals surface area (Å²) >= 11 is 3.32. The molecular formula is C21H21BrN2O4. The van der Waals surface area contributed by atoms with Crippen molar-refractivity contribution in [1.29, 1.82) is 0 Å². The van der Waals surface area contributed by atoms with Crippen LogP contribution < -0.4 is 5.32 Å². The minimum Gasteiger partial charge on any atom is -0.455 e. The fourth-order valence-corrected chi connectivity index (χ4v) is 3.42. The fourth-order valence-electron chi connectivity index (χ4n) is 3.16. The topological polar surface area (TPSA) is 75.7 Å². The van der Waals surface area contributed by atoms with Gasteiger partial charge in [0.05, 0.1) is 12.0 Å². The molecule has 1 heterocycles. The quantitative estimate of drug-likeness (QED) is 0.691. The van der Waals surface area contributed by atoms with Gasteiger partial charge in [0.2, 0.25) is 5.91 Å². The number of nitrogens with zero attached hydrogens (tertiary/aromatic N) is 1. The summed E-state index contributed by atoms with van der Waals surface area (Å²) in [6, 6.07) is 16.6. The Morgan fingerprint density at radius 3 is 2.54 bits per heavy atom. The number of hydrogen-bond donors (Lipinski definition) is 1. The summed E-state index contributed by atoms with van der Waals surface area (Å²) in [5.41, 5.74) is 1.63. The molecule has 0 bridgehead atoms. The lowest BCUT2D eigenvalue weighted by Gasteiger charge is -2.25. The average Bonchev–Trinajstić information content (AvgIpc) is 3.10. The van der Waals surface area contributed by atoms with Crippen LogP contribution in [-0.2, 0) is 19.1 Å². The van der Waals surface area contributed by atoms with Gasteiger partial charge >= 0.3 is 5.97 Å². The van der Waals surface area contributed by atoms with Crippen LogP contribution in [0, 0.1) is 5.92 Å². The predicted octanol–water partition coefficient (Wildman–Crippen LogP) is 3.54. The SMILES string of the molecule is C[C@H](c1ccccc1)N1C[C@H](C(=O)OCC(=O)Nc2ccc(Br)cc2)CC1=O. The van der Waals surface area contributed by atoms with Gasteiger partial charge in [0, 0.05) is 23.1 Å². The molecule has 6 nitrogen and oxygen atoms in total. The molecule has 2 amide bonds. The van der Waals surface area contributed by atoms with Crippen molar-refractivity contribution in [1.82, 2.24) is 4.90 Å². The highest BCUT2D eigenvalue weighted by atomic mass is 79.9. The number of halogens is 1. The maximum atomic E-state index is 12.3. The van der Waals surface area contributed by atoms with Crippen LogP contribution in [-0.4, -0.2) is 35.8 Å². The van der Waals surface area contributed by atoms with E-state index in [4.69, 9.17) is 4.74 Å². The second-order valence-corrected chi connectivity index (χ2v) is 7.61. The Hall–Kier alpha value is -2.67. The summed E-state index contributed by atoms with van der Waals surface area (Å²) in [5, 5.41) is 2.66.